The number of aliphatic hydroxyl groups excluding tert-OH is 1. The van der Waals surface area contributed by atoms with Gasteiger partial charge in [-0.2, -0.15) is 4.98 Å². The van der Waals surface area contributed by atoms with E-state index in [1.165, 1.54) is 23.7 Å². The van der Waals surface area contributed by atoms with E-state index in [2.05, 4.69) is 4.98 Å². The molecule has 0 radical (unpaired) electrons. The highest BCUT2D eigenvalue weighted by molar-refractivity contribution is 5.74. The molecule has 2 aromatic heterocycles. The number of aryl methyl sites for hydroxylation is 2. The van der Waals surface area contributed by atoms with Gasteiger partial charge in [0.25, 0.3) is 5.56 Å². The van der Waals surface area contributed by atoms with E-state index in [0.29, 0.717) is 12.5 Å². The van der Waals surface area contributed by atoms with Crippen LogP contribution in [0.5, 0.6) is 0 Å². The number of nitrogens with zero attached hydrogens (tertiary/aromatic N) is 5. The lowest BCUT2D eigenvalue weighted by Crippen LogP contribution is -2.40. The topological polar surface area (TPSA) is 85.3 Å². The SMILES string of the molecule is CN(CCO)c1nc2c(c(=O)n(Cc3ccccc3F)c(=O)n2C)n1C. The van der Waals surface area contributed by atoms with Crippen molar-refractivity contribution < 1.29 is 9.50 Å². The lowest BCUT2D eigenvalue weighted by molar-refractivity contribution is 0.303. The number of hydrogen-bond donors (Lipinski definition) is 1. The molecule has 3 rings (SSSR count). The van der Waals surface area contributed by atoms with Crippen molar-refractivity contribution in [2.45, 2.75) is 6.54 Å². The Morgan fingerprint density at radius 1 is 1.19 bits per heavy atom. The average Bonchev–Trinajstić information content (AvgIpc) is 2.96. The number of fused-ring (bicyclic) bond motifs is 1. The summed E-state index contributed by atoms with van der Waals surface area (Å²) in [5.74, 6) is -0.0280. The first-order chi connectivity index (χ1) is 12.4. The molecule has 2 heterocycles. The largest absolute Gasteiger partial charge is 0.395 e. The molecular weight excluding hydrogens is 341 g/mol. The van der Waals surface area contributed by atoms with Gasteiger partial charge in [0.2, 0.25) is 5.95 Å². The molecule has 0 saturated carbocycles. The van der Waals surface area contributed by atoms with Crippen molar-refractivity contribution in [2.24, 2.45) is 14.1 Å². The fourth-order valence-electron chi connectivity index (χ4n) is 2.96. The lowest BCUT2D eigenvalue weighted by atomic mass is 10.2. The van der Waals surface area contributed by atoms with E-state index in [1.807, 2.05) is 0 Å². The van der Waals surface area contributed by atoms with Crippen molar-refractivity contribution in [1.29, 1.82) is 0 Å². The summed E-state index contributed by atoms with van der Waals surface area (Å²) < 4.78 is 17.8. The van der Waals surface area contributed by atoms with Crippen molar-refractivity contribution >= 4 is 17.1 Å². The van der Waals surface area contributed by atoms with Crippen molar-refractivity contribution in [3.05, 3.63) is 56.5 Å². The van der Waals surface area contributed by atoms with E-state index < -0.39 is 17.1 Å². The summed E-state index contributed by atoms with van der Waals surface area (Å²) in [6.07, 6.45) is 0. The molecule has 0 aliphatic rings. The number of hydrogen-bond acceptors (Lipinski definition) is 5. The average molecular weight is 361 g/mol. The molecule has 9 heteroatoms. The second-order valence-electron chi connectivity index (χ2n) is 6.11. The van der Waals surface area contributed by atoms with Crippen LogP contribution in [0.3, 0.4) is 0 Å². The molecule has 0 bridgehead atoms. The summed E-state index contributed by atoms with van der Waals surface area (Å²) in [6, 6.07) is 6.02. The Morgan fingerprint density at radius 3 is 2.54 bits per heavy atom. The van der Waals surface area contributed by atoms with Crippen LogP contribution in [0, 0.1) is 5.82 Å². The van der Waals surface area contributed by atoms with Gasteiger partial charge in [-0.3, -0.25) is 13.9 Å². The lowest BCUT2D eigenvalue weighted by Gasteiger charge is -2.16. The smallest absolute Gasteiger partial charge is 0.332 e. The minimum Gasteiger partial charge on any atom is -0.395 e. The number of aromatic nitrogens is 4. The van der Waals surface area contributed by atoms with Crippen LogP contribution in [0.1, 0.15) is 5.56 Å². The van der Waals surface area contributed by atoms with Gasteiger partial charge in [-0.1, -0.05) is 18.2 Å². The Balaban J connectivity index is 2.23. The van der Waals surface area contributed by atoms with Gasteiger partial charge in [0.15, 0.2) is 11.2 Å². The van der Waals surface area contributed by atoms with Crippen molar-refractivity contribution in [2.75, 3.05) is 25.1 Å². The second-order valence-corrected chi connectivity index (χ2v) is 6.11. The molecule has 8 nitrogen and oxygen atoms in total. The minimum atomic E-state index is -0.569. The van der Waals surface area contributed by atoms with Crippen LogP contribution in [0.4, 0.5) is 10.3 Å². The molecule has 0 unspecified atom stereocenters. The highest BCUT2D eigenvalue weighted by atomic mass is 19.1. The number of rotatable bonds is 5. The summed E-state index contributed by atoms with van der Waals surface area (Å²) in [5.41, 5.74) is -0.369. The Morgan fingerprint density at radius 2 is 1.88 bits per heavy atom. The maximum absolute atomic E-state index is 14.0. The molecule has 1 aromatic carbocycles. The summed E-state index contributed by atoms with van der Waals surface area (Å²) in [7, 11) is 4.91. The van der Waals surface area contributed by atoms with E-state index in [-0.39, 0.29) is 29.9 Å². The van der Waals surface area contributed by atoms with Gasteiger partial charge in [-0.15, -0.1) is 0 Å². The zero-order valence-electron chi connectivity index (χ0n) is 14.8. The first-order valence-electron chi connectivity index (χ1n) is 8.08. The fourth-order valence-corrected chi connectivity index (χ4v) is 2.96. The molecule has 0 aliphatic carbocycles. The molecule has 3 aromatic rings. The van der Waals surface area contributed by atoms with Crippen molar-refractivity contribution in [3.8, 4) is 0 Å². The summed E-state index contributed by atoms with van der Waals surface area (Å²) in [5, 5.41) is 9.12. The quantitative estimate of drug-likeness (QED) is 0.694. The molecule has 1 N–H and O–H groups in total. The fraction of sp³-hybridized carbons (Fsp3) is 0.353. The van der Waals surface area contributed by atoms with Gasteiger partial charge < -0.3 is 14.6 Å². The molecule has 0 spiro atoms. The molecule has 0 saturated heterocycles. The molecule has 0 atom stereocenters. The standard InChI is InChI=1S/C17H20FN5O3/c1-20(8-9-24)16-19-14-13(21(16)2)15(25)23(17(26)22(14)3)10-11-6-4-5-7-12(11)18/h4-7,24H,8-10H2,1-3H3. The predicted molar refractivity (Wildman–Crippen MR) is 96.1 cm³/mol. The Hall–Kier alpha value is -2.94. The third kappa shape index (κ3) is 2.80. The third-order valence-electron chi connectivity index (χ3n) is 4.40. The first kappa shape index (κ1) is 17.9. The molecule has 138 valence electrons. The molecule has 0 aliphatic heterocycles. The zero-order chi connectivity index (χ0) is 19.0. The molecule has 0 amide bonds. The zero-order valence-corrected chi connectivity index (χ0v) is 14.8. The van der Waals surface area contributed by atoms with E-state index >= 15 is 0 Å². The van der Waals surface area contributed by atoms with Crippen LogP contribution in [0.2, 0.25) is 0 Å². The number of halogens is 1. The summed E-state index contributed by atoms with van der Waals surface area (Å²) in [4.78, 5) is 31.6. The number of benzene rings is 1. The first-order valence-corrected chi connectivity index (χ1v) is 8.08. The van der Waals surface area contributed by atoms with E-state index in [4.69, 9.17) is 5.11 Å². The van der Waals surface area contributed by atoms with Crippen LogP contribution in [-0.4, -0.2) is 44.0 Å². The minimum absolute atomic E-state index is 0.0733. The number of likely N-dealkylation sites (N-methyl/N-ethyl adjacent to an activating group) is 1. The van der Waals surface area contributed by atoms with Crippen molar-refractivity contribution in [3.63, 3.8) is 0 Å². The highest BCUT2D eigenvalue weighted by Gasteiger charge is 2.20. The van der Waals surface area contributed by atoms with Gasteiger partial charge in [-0.05, 0) is 6.07 Å². The van der Waals surface area contributed by atoms with Crippen LogP contribution in [0.15, 0.2) is 33.9 Å². The van der Waals surface area contributed by atoms with Gasteiger partial charge in [0.1, 0.15) is 5.82 Å². The predicted octanol–water partition coefficient (Wildman–Crippen LogP) is 0.0496. The monoisotopic (exact) mass is 361 g/mol. The Kier molecular flexibility index (Phi) is 4.64. The van der Waals surface area contributed by atoms with Crippen LogP contribution in [-0.2, 0) is 20.6 Å². The van der Waals surface area contributed by atoms with E-state index in [1.54, 1.807) is 35.7 Å². The van der Waals surface area contributed by atoms with Gasteiger partial charge in [0.05, 0.1) is 13.2 Å². The number of anilines is 1. The normalized spacial score (nSPS) is 11.3. The molecule has 26 heavy (non-hydrogen) atoms. The Bertz CT molecular complexity index is 1080. The summed E-state index contributed by atoms with van der Waals surface area (Å²) >= 11 is 0. The maximum Gasteiger partial charge on any atom is 0.332 e. The molecular formula is C17H20FN5O3. The maximum atomic E-state index is 14.0. The van der Waals surface area contributed by atoms with Gasteiger partial charge in [-0.25, -0.2) is 9.18 Å². The highest BCUT2D eigenvalue weighted by Crippen LogP contribution is 2.16. The van der Waals surface area contributed by atoms with Gasteiger partial charge in [0, 0.05) is 33.3 Å². The van der Waals surface area contributed by atoms with Crippen LogP contribution >= 0.6 is 0 Å². The van der Waals surface area contributed by atoms with Gasteiger partial charge >= 0.3 is 5.69 Å². The molecule has 0 fully saturated rings. The number of imidazole rings is 1. The van der Waals surface area contributed by atoms with Crippen LogP contribution in [0.25, 0.3) is 11.2 Å². The van der Waals surface area contributed by atoms with Crippen LogP contribution < -0.4 is 16.1 Å². The van der Waals surface area contributed by atoms with E-state index in [0.717, 1.165) is 4.57 Å². The van der Waals surface area contributed by atoms with E-state index in [9.17, 15) is 14.0 Å². The van der Waals surface area contributed by atoms with Crippen molar-refractivity contribution in [1.82, 2.24) is 18.7 Å². The third-order valence-corrected chi connectivity index (χ3v) is 4.40. The number of aliphatic hydroxyl groups is 1. The Labute approximate surface area is 148 Å². The second kappa shape index (κ2) is 6.75. The summed E-state index contributed by atoms with van der Waals surface area (Å²) in [6.45, 7) is 0.0891.